The van der Waals surface area contributed by atoms with Gasteiger partial charge in [0.25, 0.3) is 5.91 Å². The van der Waals surface area contributed by atoms with Crippen LogP contribution in [0.25, 0.3) is 0 Å². The van der Waals surface area contributed by atoms with Crippen LogP contribution in [0.2, 0.25) is 0 Å². The van der Waals surface area contributed by atoms with E-state index in [0.717, 1.165) is 25.2 Å². The number of rotatable bonds is 1. The van der Waals surface area contributed by atoms with Crippen molar-refractivity contribution in [3.8, 4) is 0 Å². The van der Waals surface area contributed by atoms with Crippen molar-refractivity contribution in [2.45, 2.75) is 18.9 Å². The van der Waals surface area contributed by atoms with Crippen LogP contribution in [0.4, 0.5) is 0 Å². The van der Waals surface area contributed by atoms with Gasteiger partial charge in [-0.2, -0.15) is 0 Å². The summed E-state index contributed by atoms with van der Waals surface area (Å²) in [5, 5.41) is 3.40. The fourth-order valence-corrected chi connectivity index (χ4v) is 3.01. The highest BCUT2D eigenvalue weighted by Gasteiger charge is 2.41. The molecule has 1 fully saturated rings. The number of halogens is 1. The summed E-state index contributed by atoms with van der Waals surface area (Å²) < 4.78 is 0. The molecule has 2 aliphatic heterocycles. The smallest absolute Gasteiger partial charge is 0.254 e. The third-order valence-electron chi connectivity index (χ3n) is 3.77. The highest BCUT2D eigenvalue weighted by molar-refractivity contribution is 5.97. The molecule has 3 rings (SSSR count). The molecule has 1 aromatic rings. The van der Waals surface area contributed by atoms with Crippen molar-refractivity contribution in [3.05, 3.63) is 35.4 Å². The molecule has 0 aliphatic carbocycles. The van der Waals surface area contributed by atoms with Gasteiger partial charge in [-0.25, -0.2) is 0 Å². The monoisotopic (exact) mass is 252 g/mol. The number of nitrogens with one attached hydrogen (secondary N) is 1. The predicted octanol–water partition coefficient (Wildman–Crippen LogP) is 1.64. The van der Waals surface area contributed by atoms with E-state index in [4.69, 9.17) is 0 Å². The molecule has 0 aromatic heterocycles. The summed E-state index contributed by atoms with van der Waals surface area (Å²) in [5.74, 6) is 0.678. The fraction of sp³-hybridized carbons (Fsp3) is 0.462. The van der Waals surface area contributed by atoms with Crippen molar-refractivity contribution in [2.24, 2.45) is 0 Å². The van der Waals surface area contributed by atoms with Gasteiger partial charge in [0.05, 0.1) is 6.04 Å². The van der Waals surface area contributed by atoms with Gasteiger partial charge in [-0.3, -0.25) is 4.79 Å². The van der Waals surface area contributed by atoms with Crippen LogP contribution >= 0.6 is 12.4 Å². The summed E-state index contributed by atoms with van der Waals surface area (Å²) in [6, 6.07) is 8.39. The van der Waals surface area contributed by atoms with Gasteiger partial charge in [-0.15, -0.1) is 12.4 Å². The summed E-state index contributed by atoms with van der Waals surface area (Å²) in [6.45, 7) is 4.78. The number of hydrogen-bond acceptors (Lipinski definition) is 2. The van der Waals surface area contributed by atoms with E-state index in [-0.39, 0.29) is 18.3 Å². The van der Waals surface area contributed by atoms with Crippen molar-refractivity contribution in [3.63, 3.8) is 0 Å². The van der Waals surface area contributed by atoms with Gasteiger partial charge in [0.1, 0.15) is 0 Å². The quantitative estimate of drug-likeness (QED) is 0.824. The number of fused-ring (bicyclic) bond motifs is 3. The third kappa shape index (κ3) is 1.74. The lowest BCUT2D eigenvalue weighted by Crippen LogP contribution is -2.47. The van der Waals surface area contributed by atoms with Crippen LogP contribution in [0.3, 0.4) is 0 Å². The number of benzene rings is 1. The Morgan fingerprint density at radius 3 is 2.88 bits per heavy atom. The Bertz CT molecular complexity index is 435. The van der Waals surface area contributed by atoms with Crippen LogP contribution in [0.15, 0.2) is 24.3 Å². The maximum absolute atomic E-state index is 12.3. The van der Waals surface area contributed by atoms with E-state index >= 15 is 0 Å². The molecule has 3 nitrogen and oxygen atoms in total. The van der Waals surface area contributed by atoms with E-state index in [1.807, 2.05) is 23.1 Å². The minimum absolute atomic E-state index is 0. The van der Waals surface area contributed by atoms with E-state index in [2.05, 4.69) is 18.3 Å². The molecule has 17 heavy (non-hydrogen) atoms. The van der Waals surface area contributed by atoms with E-state index in [0.29, 0.717) is 12.0 Å². The number of carbonyl (C=O) groups excluding carboxylic acids is 1. The van der Waals surface area contributed by atoms with Gasteiger partial charge in [-0.05, 0) is 18.6 Å². The zero-order valence-corrected chi connectivity index (χ0v) is 10.7. The van der Waals surface area contributed by atoms with E-state index in [9.17, 15) is 4.79 Å². The molecule has 0 saturated carbocycles. The zero-order valence-electron chi connectivity index (χ0n) is 9.85. The Balaban J connectivity index is 0.00000108. The molecule has 0 spiro atoms. The molecule has 2 atom stereocenters. The normalized spacial score (nSPS) is 26.2. The molecule has 4 heteroatoms. The van der Waals surface area contributed by atoms with Crippen molar-refractivity contribution < 1.29 is 4.79 Å². The van der Waals surface area contributed by atoms with Gasteiger partial charge < -0.3 is 10.2 Å². The van der Waals surface area contributed by atoms with E-state index in [1.54, 1.807) is 0 Å². The number of carbonyl (C=O) groups is 1. The van der Waals surface area contributed by atoms with Crippen molar-refractivity contribution in [1.29, 1.82) is 0 Å². The van der Waals surface area contributed by atoms with Crippen molar-refractivity contribution in [2.75, 3.05) is 19.6 Å². The molecule has 1 amide bonds. The minimum atomic E-state index is 0. The summed E-state index contributed by atoms with van der Waals surface area (Å²) in [7, 11) is 0. The highest BCUT2D eigenvalue weighted by Crippen LogP contribution is 2.34. The van der Waals surface area contributed by atoms with Gasteiger partial charge >= 0.3 is 0 Å². The predicted molar refractivity (Wildman–Crippen MR) is 69.8 cm³/mol. The molecule has 2 aliphatic rings. The van der Waals surface area contributed by atoms with Crippen molar-refractivity contribution >= 4 is 18.3 Å². The molecular weight excluding hydrogens is 236 g/mol. The van der Waals surface area contributed by atoms with Crippen LogP contribution in [-0.4, -0.2) is 36.5 Å². The van der Waals surface area contributed by atoms with Gasteiger partial charge in [0.2, 0.25) is 0 Å². The minimum Gasteiger partial charge on any atom is -0.334 e. The third-order valence-corrected chi connectivity index (χ3v) is 3.77. The summed E-state index contributed by atoms with van der Waals surface area (Å²) in [5.41, 5.74) is 2.13. The largest absolute Gasteiger partial charge is 0.334 e. The van der Waals surface area contributed by atoms with Gasteiger partial charge in [-0.1, -0.05) is 18.2 Å². The zero-order chi connectivity index (χ0) is 11.1. The number of amides is 1. The maximum Gasteiger partial charge on any atom is 0.254 e. The molecule has 92 valence electrons. The summed E-state index contributed by atoms with van der Waals surface area (Å²) in [4.78, 5) is 14.3. The Hall–Kier alpha value is -1.06. The van der Waals surface area contributed by atoms with Crippen LogP contribution in [0.5, 0.6) is 0 Å². The Kier molecular flexibility index (Phi) is 3.40. The van der Waals surface area contributed by atoms with Gasteiger partial charge in [0.15, 0.2) is 0 Å². The summed E-state index contributed by atoms with van der Waals surface area (Å²) >= 11 is 0. The molecule has 1 saturated heterocycles. The Labute approximate surface area is 108 Å². The molecule has 0 radical (unpaired) electrons. The first-order chi connectivity index (χ1) is 7.83. The first kappa shape index (κ1) is 12.4. The van der Waals surface area contributed by atoms with Crippen LogP contribution in [-0.2, 0) is 0 Å². The first-order valence-electron chi connectivity index (χ1n) is 5.93. The molecule has 1 N–H and O–H groups in total. The standard InChI is InChI=1S/C13H16N2O.ClH/c1-2-15-12-8-14-7-11(12)9-5-3-4-6-10(9)13(15)16;/h3-6,11-12,14H,2,7-8H2,1H3;1H/t11-,12+;/m1./s1. The summed E-state index contributed by atoms with van der Waals surface area (Å²) in [6.07, 6.45) is 0. The Morgan fingerprint density at radius 2 is 2.12 bits per heavy atom. The number of likely N-dealkylation sites (N-methyl/N-ethyl adjacent to an activating group) is 1. The first-order valence-corrected chi connectivity index (χ1v) is 5.93. The average Bonchev–Trinajstić information content (AvgIpc) is 2.79. The number of hydrogen-bond donors (Lipinski definition) is 1. The molecule has 2 heterocycles. The van der Waals surface area contributed by atoms with Crippen LogP contribution in [0.1, 0.15) is 28.8 Å². The second-order valence-electron chi connectivity index (χ2n) is 4.51. The molecular formula is C13H17ClN2O. The molecule has 0 unspecified atom stereocenters. The number of nitrogens with zero attached hydrogens (tertiary/aromatic N) is 1. The Morgan fingerprint density at radius 1 is 1.35 bits per heavy atom. The second-order valence-corrected chi connectivity index (χ2v) is 4.51. The molecule has 1 aromatic carbocycles. The van der Waals surface area contributed by atoms with Gasteiger partial charge in [0, 0.05) is 31.1 Å². The van der Waals surface area contributed by atoms with E-state index in [1.165, 1.54) is 5.56 Å². The molecule has 0 bridgehead atoms. The average molecular weight is 253 g/mol. The SMILES string of the molecule is CCN1C(=O)c2ccccc2[C@H]2CNC[C@@H]21.Cl. The topological polar surface area (TPSA) is 32.3 Å². The second kappa shape index (κ2) is 4.67. The van der Waals surface area contributed by atoms with E-state index < -0.39 is 0 Å². The lowest BCUT2D eigenvalue weighted by molar-refractivity contribution is 0.0661. The fourth-order valence-electron chi connectivity index (χ4n) is 3.01. The van der Waals surface area contributed by atoms with Crippen LogP contribution < -0.4 is 5.32 Å². The van der Waals surface area contributed by atoms with Crippen molar-refractivity contribution in [1.82, 2.24) is 10.2 Å². The maximum atomic E-state index is 12.3. The van der Waals surface area contributed by atoms with Crippen LogP contribution in [0, 0.1) is 0 Å². The highest BCUT2D eigenvalue weighted by atomic mass is 35.5. The lowest BCUT2D eigenvalue weighted by Gasteiger charge is -2.37. The lowest BCUT2D eigenvalue weighted by atomic mass is 9.85.